The van der Waals surface area contributed by atoms with E-state index in [0.29, 0.717) is 36.7 Å². The largest absolute Gasteiger partial charge is 0.367 e. The molecule has 0 amide bonds. The van der Waals surface area contributed by atoms with E-state index in [1.165, 1.54) is 0 Å². The molecule has 0 aliphatic carbocycles. The Morgan fingerprint density at radius 2 is 1.70 bits per heavy atom. The van der Waals surface area contributed by atoms with E-state index >= 15 is 0 Å². The van der Waals surface area contributed by atoms with Crippen LogP contribution in [0.2, 0.25) is 0 Å². The lowest BCUT2D eigenvalue weighted by molar-refractivity contribution is 0.329. The number of piperidine rings is 1. The van der Waals surface area contributed by atoms with Crippen LogP contribution in [0.5, 0.6) is 0 Å². The van der Waals surface area contributed by atoms with Crippen molar-refractivity contribution in [3.8, 4) is 11.4 Å². The molecule has 0 saturated carbocycles. The zero-order valence-electron chi connectivity index (χ0n) is 18.3. The maximum atomic E-state index is 13.0. The number of nitrogens with zero attached hydrogens (tertiary/aromatic N) is 4. The Bertz CT molecular complexity index is 1370. The number of benzene rings is 2. The highest BCUT2D eigenvalue weighted by atomic mass is 32.2. The Balaban J connectivity index is 1.35. The third-order valence-electron chi connectivity index (χ3n) is 5.98. The van der Waals surface area contributed by atoms with E-state index in [1.807, 2.05) is 55.5 Å². The summed E-state index contributed by atoms with van der Waals surface area (Å²) in [5.41, 5.74) is 2.75. The summed E-state index contributed by atoms with van der Waals surface area (Å²) in [6.45, 7) is 2.88. The van der Waals surface area contributed by atoms with Gasteiger partial charge >= 0.3 is 0 Å². The van der Waals surface area contributed by atoms with Crippen molar-refractivity contribution in [3.63, 3.8) is 0 Å². The quantitative estimate of drug-likeness (QED) is 0.480. The van der Waals surface area contributed by atoms with E-state index < -0.39 is 10.0 Å². The van der Waals surface area contributed by atoms with Crippen LogP contribution >= 0.6 is 0 Å². The van der Waals surface area contributed by atoms with Gasteiger partial charge in [0.1, 0.15) is 5.82 Å². The van der Waals surface area contributed by atoms with Gasteiger partial charge in [0.25, 0.3) is 0 Å². The lowest BCUT2D eigenvalue weighted by Gasteiger charge is -2.32. The zero-order chi connectivity index (χ0) is 22.8. The molecule has 0 radical (unpaired) electrons. The molecule has 1 N–H and O–H groups in total. The zero-order valence-corrected chi connectivity index (χ0v) is 19.2. The van der Waals surface area contributed by atoms with Gasteiger partial charge in [-0.3, -0.25) is 4.98 Å². The van der Waals surface area contributed by atoms with Crippen LogP contribution in [-0.4, -0.2) is 46.8 Å². The fourth-order valence-electron chi connectivity index (χ4n) is 4.10. The molecule has 8 heteroatoms. The maximum Gasteiger partial charge on any atom is 0.243 e. The van der Waals surface area contributed by atoms with Crippen molar-refractivity contribution in [2.45, 2.75) is 30.7 Å². The van der Waals surface area contributed by atoms with Gasteiger partial charge in [-0.15, -0.1) is 0 Å². The highest BCUT2D eigenvalue weighted by Crippen LogP contribution is 2.28. The topological polar surface area (TPSA) is 88.1 Å². The van der Waals surface area contributed by atoms with Crippen LogP contribution in [0.25, 0.3) is 22.3 Å². The first kappa shape index (κ1) is 21.5. The average Bonchev–Trinajstić information content (AvgIpc) is 2.85. The van der Waals surface area contributed by atoms with E-state index in [9.17, 15) is 8.42 Å². The molecule has 7 nitrogen and oxygen atoms in total. The Labute approximate surface area is 193 Å². The number of pyridine rings is 1. The van der Waals surface area contributed by atoms with Crippen LogP contribution in [0.4, 0.5) is 5.82 Å². The van der Waals surface area contributed by atoms with Crippen molar-refractivity contribution in [1.82, 2.24) is 19.3 Å². The van der Waals surface area contributed by atoms with Crippen molar-refractivity contribution < 1.29 is 8.42 Å². The Hall–Kier alpha value is -3.36. The average molecular weight is 460 g/mol. The van der Waals surface area contributed by atoms with Gasteiger partial charge in [-0.05, 0) is 56.2 Å². The fourth-order valence-corrected chi connectivity index (χ4v) is 5.57. The van der Waals surface area contributed by atoms with Crippen LogP contribution in [0.3, 0.4) is 0 Å². The second-order valence-electron chi connectivity index (χ2n) is 8.29. The van der Waals surface area contributed by atoms with Crippen LogP contribution in [0, 0.1) is 6.92 Å². The minimum absolute atomic E-state index is 0.120. The summed E-state index contributed by atoms with van der Waals surface area (Å²) in [4.78, 5) is 14.0. The van der Waals surface area contributed by atoms with Gasteiger partial charge in [0.15, 0.2) is 5.82 Å². The van der Waals surface area contributed by atoms with Gasteiger partial charge in [-0.25, -0.2) is 18.4 Å². The van der Waals surface area contributed by atoms with Crippen molar-refractivity contribution >= 4 is 26.7 Å². The second kappa shape index (κ2) is 8.88. The molecule has 2 aromatic carbocycles. The summed E-state index contributed by atoms with van der Waals surface area (Å²) in [6.07, 6.45) is 4.88. The minimum Gasteiger partial charge on any atom is -0.367 e. The fraction of sp³-hybridized carbons (Fsp3) is 0.240. The van der Waals surface area contributed by atoms with Crippen molar-refractivity contribution in [2.24, 2.45) is 0 Å². The monoisotopic (exact) mass is 459 g/mol. The first-order valence-corrected chi connectivity index (χ1v) is 12.5. The molecule has 0 unspecified atom stereocenters. The summed E-state index contributed by atoms with van der Waals surface area (Å²) in [6, 6.07) is 18.9. The predicted molar refractivity (Wildman–Crippen MR) is 129 cm³/mol. The summed E-state index contributed by atoms with van der Waals surface area (Å²) in [5.74, 6) is 1.38. The SMILES string of the molecule is Cc1ccc(S(=O)(=O)N2CCC(Nc3nc(-c4cccnc4)nc4ccccc34)CC2)cc1. The molecule has 1 aliphatic rings. The predicted octanol–water partition coefficient (Wildman–Crippen LogP) is 4.27. The van der Waals surface area contributed by atoms with Crippen LogP contribution < -0.4 is 5.32 Å². The smallest absolute Gasteiger partial charge is 0.243 e. The minimum atomic E-state index is -3.48. The Kier molecular flexibility index (Phi) is 5.78. The van der Waals surface area contributed by atoms with Gasteiger partial charge in [0.2, 0.25) is 10.0 Å². The molecule has 3 heterocycles. The summed E-state index contributed by atoms with van der Waals surface area (Å²) in [5, 5.41) is 4.50. The van der Waals surface area contributed by atoms with Crippen molar-refractivity contribution in [3.05, 3.63) is 78.6 Å². The third-order valence-corrected chi connectivity index (χ3v) is 7.89. The van der Waals surface area contributed by atoms with Gasteiger partial charge in [-0.1, -0.05) is 29.8 Å². The number of anilines is 1. The Morgan fingerprint density at radius 1 is 0.939 bits per heavy atom. The maximum absolute atomic E-state index is 13.0. The molecule has 0 spiro atoms. The van der Waals surface area contributed by atoms with Crippen molar-refractivity contribution in [1.29, 1.82) is 0 Å². The summed E-state index contributed by atoms with van der Waals surface area (Å²) >= 11 is 0. The molecule has 168 valence electrons. The van der Waals surface area contributed by atoms with Gasteiger partial charge in [0, 0.05) is 42.5 Å². The molecule has 2 aromatic heterocycles. The number of aryl methyl sites for hydroxylation is 1. The number of sulfonamides is 1. The highest BCUT2D eigenvalue weighted by molar-refractivity contribution is 7.89. The first-order valence-electron chi connectivity index (χ1n) is 11.0. The summed E-state index contributed by atoms with van der Waals surface area (Å²) < 4.78 is 27.6. The van der Waals surface area contributed by atoms with Crippen LogP contribution in [0.15, 0.2) is 78.0 Å². The van der Waals surface area contributed by atoms with E-state index in [-0.39, 0.29) is 6.04 Å². The normalized spacial score (nSPS) is 15.5. The van der Waals surface area contributed by atoms with E-state index in [1.54, 1.807) is 28.8 Å². The van der Waals surface area contributed by atoms with Gasteiger partial charge in [0.05, 0.1) is 10.4 Å². The first-order chi connectivity index (χ1) is 16.0. The number of rotatable bonds is 5. The Morgan fingerprint density at radius 3 is 2.42 bits per heavy atom. The van der Waals surface area contributed by atoms with E-state index in [2.05, 4.69) is 10.3 Å². The summed E-state index contributed by atoms with van der Waals surface area (Å²) in [7, 11) is -3.48. The molecular weight excluding hydrogens is 434 g/mol. The van der Waals surface area contributed by atoms with E-state index in [4.69, 9.17) is 9.97 Å². The molecule has 1 saturated heterocycles. The number of nitrogens with one attached hydrogen (secondary N) is 1. The molecule has 1 fully saturated rings. The van der Waals surface area contributed by atoms with Gasteiger partial charge < -0.3 is 5.32 Å². The van der Waals surface area contributed by atoms with Gasteiger partial charge in [-0.2, -0.15) is 4.31 Å². The standard InChI is InChI=1S/C25H25N5O2S/c1-18-8-10-21(11-9-18)33(31,32)30-15-12-20(13-16-30)27-25-22-6-2-3-7-23(22)28-24(29-25)19-5-4-14-26-17-19/h2-11,14,17,20H,12-13,15-16H2,1H3,(H,27,28,29). The van der Waals surface area contributed by atoms with E-state index in [0.717, 1.165) is 27.8 Å². The number of hydrogen-bond acceptors (Lipinski definition) is 6. The molecule has 0 atom stereocenters. The molecule has 4 aromatic rings. The lowest BCUT2D eigenvalue weighted by atomic mass is 10.1. The number of para-hydroxylation sites is 1. The molecule has 0 bridgehead atoms. The molecule has 1 aliphatic heterocycles. The molecule has 33 heavy (non-hydrogen) atoms. The second-order valence-corrected chi connectivity index (χ2v) is 10.2. The van der Waals surface area contributed by atoms with Crippen molar-refractivity contribution in [2.75, 3.05) is 18.4 Å². The van der Waals surface area contributed by atoms with Crippen LogP contribution in [0.1, 0.15) is 18.4 Å². The third kappa shape index (κ3) is 4.44. The number of aromatic nitrogens is 3. The highest BCUT2D eigenvalue weighted by Gasteiger charge is 2.29. The molecular formula is C25H25N5O2S. The number of hydrogen-bond donors (Lipinski definition) is 1. The lowest BCUT2D eigenvalue weighted by Crippen LogP contribution is -2.42. The van der Waals surface area contributed by atoms with Crippen LogP contribution in [-0.2, 0) is 10.0 Å². The number of fused-ring (bicyclic) bond motifs is 1. The molecule has 5 rings (SSSR count).